The second-order valence-electron chi connectivity index (χ2n) is 6.18. The summed E-state index contributed by atoms with van der Waals surface area (Å²) in [6.45, 7) is 2.18. The molecule has 1 fully saturated rings. The molecular formula is C19H19NO4. The van der Waals surface area contributed by atoms with Crippen molar-refractivity contribution >= 4 is 11.7 Å². The molecule has 2 aromatic carbocycles. The Morgan fingerprint density at radius 2 is 1.96 bits per heavy atom. The normalized spacial score (nSPS) is 19.4. The zero-order chi connectivity index (χ0) is 17.1. The van der Waals surface area contributed by atoms with Crippen LogP contribution in [0.3, 0.4) is 0 Å². The SMILES string of the molecule is Cc1ccc([N+](=O)[O-])cc1C1CCC1C(=O)OCc1ccccc1. The van der Waals surface area contributed by atoms with Crippen LogP contribution in [0.4, 0.5) is 5.69 Å². The highest BCUT2D eigenvalue weighted by atomic mass is 16.6. The van der Waals surface area contributed by atoms with Crippen molar-refractivity contribution in [3.8, 4) is 0 Å². The molecule has 0 aromatic heterocycles. The molecular weight excluding hydrogens is 306 g/mol. The van der Waals surface area contributed by atoms with E-state index < -0.39 is 4.92 Å². The van der Waals surface area contributed by atoms with Gasteiger partial charge in [-0.05, 0) is 42.4 Å². The van der Waals surface area contributed by atoms with E-state index in [2.05, 4.69) is 0 Å². The standard InChI is InChI=1S/C19H19NO4/c1-13-7-8-15(20(22)23)11-18(13)16-9-10-17(16)19(21)24-12-14-5-3-2-4-6-14/h2-8,11,16-17H,9-10,12H2,1H3. The Morgan fingerprint density at radius 3 is 2.58 bits per heavy atom. The van der Waals surface area contributed by atoms with Crippen LogP contribution in [0, 0.1) is 23.0 Å². The summed E-state index contributed by atoms with van der Waals surface area (Å²) in [7, 11) is 0. The zero-order valence-corrected chi connectivity index (χ0v) is 13.5. The van der Waals surface area contributed by atoms with E-state index in [0.29, 0.717) is 0 Å². The van der Waals surface area contributed by atoms with Crippen LogP contribution in [0.5, 0.6) is 0 Å². The lowest BCUT2D eigenvalue weighted by molar-refractivity contribution is -0.385. The molecule has 1 aliphatic carbocycles. The fraction of sp³-hybridized carbons (Fsp3) is 0.316. The van der Waals surface area contributed by atoms with Gasteiger partial charge < -0.3 is 4.74 Å². The quantitative estimate of drug-likeness (QED) is 0.470. The fourth-order valence-electron chi connectivity index (χ4n) is 3.13. The maximum absolute atomic E-state index is 12.4. The monoisotopic (exact) mass is 325 g/mol. The van der Waals surface area contributed by atoms with E-state index in [1.165, 1.54) is 6.07 Å². The first-order chi connectivity index (χ1) is 11.6. The van der Waals surface area contributed by atoms with Gasteiger partial charge in [0, 0.05) is 12.1 Å². The van der Waals surface area contributed by atoms with Crippen LogP contribution in [-0.4, -0.2) is 10.9 Å². The molecule has 0 saturated heterocycles. The minimum absolute atomic E-state index is 0.00757. The van der Waals surface area contributed by atoms with Gasteiger partial charge in [0.05, 0.1) is 10.8 Å². The third kappa shape index (κ3) is 3.30. The fourth-order valence-corrected chi connectivity index (χ4v) is 3.13. The van der Waals surface area contributed by atoms with Gasteiger partial charge >= 0.3 is 5.97 Å². The van der Waals surface area contributed by atoms with E-state index in [4.69, 9.17) is 4.74 Å². The lowest BCUT2D eigenvalue weighted by Crippen LogP contribution is -2.33. The van der Waals surface area contributed by atoms with Crippen molar-refractivity contribution < 1.29 is 14.5 Å². The second kappa shape index (κ2) is 6.83. The molecule has 0 heterocycles. The van der Waals surface area contributed by atoms with E-state index in [9.17, 15) is 14.9 Å². The topological polar surface area (TPSA) is 69.4 Å². The molecule has 1 saturated carbocycles. The number of hydrogen-bond donors (Lipinski definition) is 0. The van der Waals surface area contributed by atoms with Crippen molar-refractivity contribution in [2.45, 2.75) is 32.3 Å². The summed E-state index contributed by atoms with van der Waals surface area (Å²) >= 11 is 0. The van der Waals surface area contributed by atoms with Gasteiger partial charge in [-0.2, -0.15) is 0 Å². The number of nitro benzene ring substituents is 1. The highest BCUT2D eigenvalue weighted by Gasteiger charge is 2.39. The van der Waals surface area contributed by atoms with Crippen LogP contribution < -0.4 is 0 Å². The molecule has 0 N–H and O–H groups in total. The van der Waals surface area contributed by atoms with Gasteiger partial charge in [-0.3, -0.25) is 14.9 Å². The molecule has 2 atom stereocenters. The van der Waals surface area contributed by atoms with Gasteiger partial charge in [0.25, 0.3) is 5.69 Å². The summed E-state index contributed by atoms with van der Waals surface area (Å²) in [4.78, 5) is 22.9. The number of rotatable bonds is 5. The molecule has 124 valence electrons. The zero-order valence-electron chi connectivity index (χ0n) is 13.5. The maximum atomic E-state index is 12.4. The van der Waals surface area contributed by atoms with Gasteiger partial charge in [-0.1, -0.05) is 36.4 Å². The first kappa shape index (κ1) is 16.2. The van der Waals surface area contributed by atoms with E-state index in [0.717, 1.165) is 29.5 Å². The van der Waals surface area contributed by atoms with Gasteiger partial charge in [0.15, 0.2) is 0 Å². The first-order valence-electron chi connectivity index (χ1n) is 8.02. The maximum Gasteiger partial charge on any atom is 0.309 e. The van der Waals surface area contributed by atoms with Gasteiger partial charge in [0.1, 0.15) is 6.61 Å². The number of carbonyl (C=O) groups is 1. The summed E-state index contributed by atoms with van der Waals surface area (Å²) in [5.41, 5.74) is 2.88. The molecule has 0 bridgehead atoms. The molecule has 1 aliphatic rings. The van der Waals surface area contributed by atoms with E-state index >= 15 is 0 Å². The molecule has 2 aromatic rings. The Bertz CT molecular complexity index is 757. The van der Waals surface area contributed by atoms with Crippen LogP contribution in [0.2, 0.25) is 0 Å². The van der Waals surface area contributed by atoms with Crippen molar-refractivity contribution in [1.29, 1.82) is 0 Å². The van der Waals surface area contributed by atoms with Crippen molar-refractivity contribution in [3.05, 3.63) is 75.3 Å². The Labute approximate surface area is 140 Å². The van der Waals surface area contributed by atoms with E-state index in [1.54, 1.807) is 12.1 Å². The van der Waals surface area contributed by atoms with Crippen molar-refractivity contribution in [2.75, 3.05) is 0 Å². The van der Waals surface area contributed by atoms with Crippen molar-refractivity contribution in [1.82, 2.24) is 0 Å². The smallest absolute Gasteiger partial charge is 0.309 e. The number of non-ortho nitro benzene ring substituents is 1. The predicted molar refractivity (Wildman–Crippen MR) is 89.5 cm³/mol. The molecule has 24 heavy (non-hydrogen) atoms. The van der Waals surface area contributed by atoms with Crippen LogP contribution in [0.25, 0.3) is 0 Å². The number of nitrogens with zero attached hydrogens (tertiary/aromatic N) is 1. The number of esters is 1. The summed E-state index contributed by atoms with van der Waals surface area (Å²) in [6, 6.07) is 14.4. The molecule has 3 rings (SSSR count). The van der Waals surface area contributed by atoms with E-state index in [-0.39, 0.29) is 30.1 Å². The average molecular weight is 325 g/mol. The number of ether oxygens (including phenoxy) is 1. The molecule has 5 heteroatoms. The Balaban J connectivity index is 1.69. The summed E-state index contributed by atoms with van der Waals surface area (Å²) in [5.74, 6) is -0.427. The van der Waals surface area contributed by atoms with Crippen molar-refractivity contribution in [3.63, 3.8) is 0 Å². The number of aryl methyl sites for hydroxylation is 1. The third-order valence-corrected chi connectivity index (χ3v) is 4.67. The Morgan fingerprint density at radius 1 is 1.21 bits per heavy atom. The summed E-state index contributed by atoms with van der Waals surface area (Å²) in [6.07, 6.45) is 1.62. The molecule has 5 nitrogen and oxygen atoms in total. The van der Waals surface area contributed by atoms with Gasteiger partial charge in [-0.15, -0.1) is 0 Å². The first-order valence-corrected chi connectivity index (χ1v) is 8.02. The van der Waals surface area contributed by atoms with Crippen LogP contribution in [0.15, 0.2) is 48.5 Å². The molecule has 0 spiro atoms. The second-order valence-corrected chi connectivity index (χ2v) is 6.18. The minimum Gasteiger partial charge on any atom is -0.461 e. The molecule has 0 amide bonds. The number of hydrogen-bond acceptors (Lipinski definition) is 4. The Hall–Kier alpha value is -2.69. The van der Waals surface area contributed by atoms with Crippen LogP contribution in [0.1, 0.15) is 35.4 Å². The predicted octanol–water partition coefficient (Wildman–Crippen LogP) is 4.14. The molecule has 2 unspecified atom stereocenters. The largest absolute Gasteiger partial charge is 0.461 e. The lowest BCUT2D eigenvalue weighted by Gasteiger charge is -2.35. The summed E-state index contributed by atoms with van der Waals surface area (Å²) < 4.78 is 5.43. The number of benzene rings is 2. The summed E-state index contributed by atoms with van der Waals surface area (Å²) in [5, 5.41) is 11.0. The third-order valence-electron chi connectivity index (χ3n) is 4.67. The van der Waals surface area contributed by atoms with Crippen molar-refractivity contribution in [2.24, 2.45) is 5.92 Å². The Kier molecular flexibility index (Phi) is 4.60. The minimum atomic E-state index is -0.398. The number of nitro groups is 1. The molecule has 0 radical (unpaired) electrons. The highest BCUT2D eigenvalue weighted by Crippen LogP contribution is 2.45. The van der Waals surface area contributed by atoms with E-state index in [1.807, 2.05) is 37.3 Å². The average Bonchev–Trinajstić information content (AvgIpc) is 2.54. The lowest BCUT2D eigenvalue weighted by atomic mass is 9.69. The van der Waals surface area contributed by atoms with Gasteiger partial charge in [0.2, 0.25) is 0 Å². The highest BCUT2D eigenvalue weighted by molar-refractivity contribution is 5.75. The van der Waals surface area contributed by atoms with Crippen LogP contribution in [-0.2, 0) is 16.1 Å². The molecule has 0 aliphatic heterocycles. The van der Waals surface area contributed by atoms with Gasteiger partial charge in [-0.25, -0.2) is 0 Å². The van der Waals surface area contributed by atoms with Crippen LogP contribution >= 0.6 is 0 Å². The number of carbonyl (C=O) groups excluding carboxylic acids is 1.